The van der Waals surface area contributed by atoms with Gasteiger partial charge in [-0.15, -0.1) is 0 Å². The number of aromatic hydroxyl groups is 1. The molecular formula is C28H20BrN3O5S. The average molecular weight is 590 g/mol. The Morgan fingerprint density at radius 3 is 2.79 bits per heavy atom. The smallest absolute Gasteiger partial charge is 0.312 e. The molecule has 1 N–H and O–H groups in total. The van der Waals surface area contributed by atoms with Gasteiger partial charge in [-0.25, -0.2) is 4.99 Å². The zero-order valence-corrected chi connectivity index (χ0v) is 22.5. The first kappa shape index (κ1) is 24.3. The number of fused-ring (bicyclic) bond motifs is 3. The van der Waals surface area contributed by atoms with E-state index in [1.165, 1.54) is 29.0 Å². The van der Waals surface area contributed by atoms with Crippen molar-refractivity contribution in [2.24, 2.45) is 4.99 Å². The van der Waals surface area contributed by atoms with Crippen molar-refractivity contribution in [1.82, 2.24) is 4.57 Å². The van der Waals surface area contributed by atoms with Crippen LogP contribution in [0.3, 0.4) is 0 Å². The fourth-order valence-corrected chi connectivity index (χ4v) is 6.59. The number of phenolic OH excluding ortho intramolecular Hbond substituents is 1. The van der Waals surface area contributed by atoms with Crippen molar-refractivity contribution in [3.63, 3.8) is 0 Å². The summed E-state index contributed by atoms with van der Waals surface area (Å²) in [6.45, 7) is 0. The molecule has 0 unspecified atom stereocenters. The van der Waals surface area contributed by atoms with Crippen LogP contribution in [-0.4, -0.2) is 21.7 Å². The van der Waals surface area contributed by atoms with E-state index in [0.717, 1.165) is 35.2 Å². The Balaban J connectivity index is 1.63. The SMILES string of the molecule is COc1cccc([C@@H]2C3=C(N=c4s/c(=C\c5cc(Br)cc([N+](=O)[O-])c5O)c(=O)n42)c2ccccc2CC3)c1. The molecule has 1 atom stereocenters. The molecule has 0 amide bonds. The standard InChI is InChI=1S/C28H20BrN3O5S/c1-37-19-7-4-6-16(12-19)25-21-10-9-15-5-2-3-8-20(15)24(21)30-28-31(25)27(34)23(38-28)13-17-11-18(29)14-22(26(17)33)32(35)36/h2-8,11-14,25,33H,9-10H2,1H3/b23-13-/t25-/m1/s1. The van der Waals surface area contributed by atoms with E-state index >= 15 is 0 Å². The molecule has 6 rings (SSSR count). The highest BCUT2D eigenvalue weighted by molar-refractivity contribution is 9.10. The lowest BCUT2D eigenvalue weighted by Gasteiger charge is -2.31. The molecule has 0 saturated carbocycles. The highest BCUT2D eigenvalue weighted by atomic mass is 79.9. The van der Waals surface area contributed by atoms with Gasteiger partial charge in [0.2, 0.25) is 5.75 Å². The molecule has 0 saturated heterocycles. The fraction of sp³-hybridized carbons (Fsp3) is 0.143. The Morgan fingerprint density at radius 1 is 1.18 bits per heavy atom. The summed E-state index contributed by atoms with van der Waals surface area (Å²) in [5, 5.41) is 22.0. The van der Waals surface area contributed by atoms with Crippen LogP contribution in [0.5, 0.6) is 11.5 Å². The molecule has 0 fully saturated rings. The van der Waals surface area contributed by atoms with Gasteiger partial charge in [0.25, 0.3) is 5.56 Å². The molecule has 0 spiro atoms. The largest absolute Gasteiger partial charge is 0.502 e. The van der Waals surface area contributed by atoms with Gasteiger partial charge < -0.3 is 9.84 Å². The second kappa shape index (κ2) is 9.38. The van der Waals surface area contributed by atoms with Crippen LogP contribution in [0.2, 0.25) is 0 Å². The summed E-state index contributed by atoms with van der Waals surface area (Å²) in [7, 11) is 1.61. The first-order chi connectivity index (χ1) is 18.4. The van der Waals surface area contributed by atoms with Crippen LogP contribution in [0.15, 0.2) is 80.5 Å². The predicted octanol–water partition coefficient (Wildman–Crippen LogP) is 4.70. The topological polar surface area (TPSA) is 107 Å². The van der Waals surface area contributed by atoms with E-state index < -0.39 is 22.4 Å². The van der Waals surface area contributed by atoms with Gasteiger partial charge in [-0.05, 0) is 53.8 Å². The van der Waals surface area contributed by atoms with Crippen molar-refractivity contribution < 1.29 is 14.8 Å². The maximum atomic E-state index is 13.9. The minimum atomic E-state index is -0.659. The molecule has 1 aromatic heterocycles. The Morgan fingerprint density at radius 2 is 2.00 bits per heavy atom. The number of hydrogen-bond donors (Lipinski definition) is 1. The molecule has 1 aliphatic heterocycles. The number of nitrogens with zero attached hydrogens (tertiary/aromatic N) is 3. The van der Waals surface area contributed by atoms with E-state index in [4.69, 9.17) is 9.73 Å². The molecule has 10 heteroatoms. The summed E-state index contributed by atoms with van der Waals surface area (Å²) in [5.74, 6) is 0.188. The van der Waals surface area contributed by atoms with E-state index in [1.807, 2.05) is 36.4 Å². The maximum Gasteiger partial charge on any atom is 0.312 e. The van der Waals surface area contributed by atoms with E-state index in [9.17, 15) is 20.0 Å². The summed E-state index contributed by atoms with van der Waals surface area (Å²) in [5.41, 5.74) is 4.53. The van der Waals surface area contributed by atoms with Crippen molar-refractivity contribution in [2.75, 3.05) is 7.11 Å². The molecule has 8 nitrogen and oxygen atoms in total. The van der Waals surface area contributed by atoms with Gasteiger partial charge in [0.05, 0.1) is 28.3 Å². The monoisotopic (exact) mass is 589 g/mol. The highest BCUT2D eigenvalue weighted by Crippen LogP contribution is 2.41. The molecule has 0 radical (unpaired) electrons. The van der Waals surface area contributed by atoms with Crippen LogP contribution >= 0.6 is 27.3 Å². The zero-order chi connectivity index (χ0) is 26.6. The minimum absolute atomic E-state index is 0.170. The summed E-state index contributed by atoms with van der Waals surface area (Å²) < 4.78 is 7.89. The molecule has 1 aliphatic carbocycles. The molecule has 0 bridgehead atoms. The number of allylic oxidation sites excluding steroid dienone is 1. The van der Waals surface area contributed by atoms with E-state index in [-0.39, 0.29) is 11.1 Å². The molecule has 4 aromatic rings. The van der Waals surface area contributed by atoms with Gasteiger partial charge in [-0.3, -0.25) is 19.5 Å². The number of thiazole rings is 1. The number of halogens is 1. The number of aromatic nitrogens is 1. The number of nitro benzene ring substituents is 1. The third-order valence-corrected chi connectivity index (χ3v) is 8.29. The first-order valence-electron chi connectivity index (χ1n) is 11.8. The Labute approximate surface area is 228 Å². The summed E-state index contributed by atoms with van der Waals surface area (Å²) >= 11 is 4.45. The van der Waals surface area contributed by atoms with Gasteiger partial charge in [0.15, 0.2) is 4.80 Å². The van der Waals surface area contributed by atoms with Crippen LogP contribution in [0, 0.1) is 10.1 Å². The summed E-state index contributed by atoms with van der Waals surface area (Å²) in [6, 6.07) is 18.2. The van der Waals surface area contributed by atoms with Crippen molar-refractivity contribution in [3.05, 3.63) is 123 Å². The third-order valence-electron chi connectivity index (χ3n) is 6.85. The van der Waals surface area contributed by atoms with Gasteiger partial charge in [-0.2, -0.15) is 0 Å². The van der Waals surface area contributed by atoms with Gasteiger partial charge in [0, 0.05) is 21.7 Å². The summed E-state index contributed by atoms with van der Waals surface area (Å²) in [6.07, 6.45) is 3.07. The number of methoxy groups -OCH3 is 1. The van der Waals surface area contributed by atoms with Gasteiger partial charge >= 0.3 is 5.69 Å². The van der Waals surface area contributed by atoms with Crippen LogP contribution in [0.1, 0.15) is 34.7 Å². The number of benzene rings is 3. The number of phenols is 1. The number of ether oxygens (including phenoxy) is 1. The van der Waals surface area contributed by atoms with Gasteiger partial charge in [0.1, 0.15) is 5.75 Å². The lowest BCUT2D eigenvalue weighted by molar-refractivity contribution is -0.385. The Kier molecular flexibility index (Phi) is 6.00. The number of rotatable bonds is 4. The second-order valence-corrected chi connectivity index (χ2v) is 10.9. The summed E-state index contributed by atoms with van der Waals surface area (Å²) in [4.78, 5) is 30.1. The van der Waals surface area contributed by atoms with Crippen molar-refractivity contribution in [1.29, 1.82) is 0 Å². The molecule has 38 heavy (non-hydrogen) atoms. The van der Waals surface area contributed by atoms with E-state index in [0.29, 0.717) is 19.6 Å². The maximum absolute atomic E-state index is 13.9. The molecule has 3 aromatic carbocycles. The lowest BCUT2D eigenvalue weighted by Crippen LogP contribution is -2.38. The van der Waals surface area contributed by atoms with Crippen LogP contribution < -0.4 is 19.6 Å². The van der Waals surface area contributed by atoms with Crippen LogP contribution in [-0.2, 0) is 6.42 Å². The predicted molar refractivity (Wildman–Crippen MR) is 148 cm³/mol. The minimum Gasteiger partial charge on any atom is -0.502 e. The molecule has 190 valence electrons. The molecule has 2 aliphatic rings. The van der Waals surface area contributed by atoms with Crippen molar-refractivity contribution in [3.8, 4) is 11.5 Å². The van der Waals surface area contributed by atoms with E-state index in [1.54, 1.807) is 17.7 Å². The highest BCUT2D eigenvalue weighted by Gasteiger charge is 2.32. The number of hydrogen-bond acceptors (Lipinski definition) is 7. The normalized spacial score (nSPS) is 16.4. The Bertz CT molecular complexity index is 1860. The second-order valence-electron chi connectivity index (χ2n) is 9.01. The van der Waals surface area contributed by atoms with Crippen molar-refractivity contribution in [2.45, 2.75) is 18.9 Å². The van der Waals surface area contributed by atoms with E-state index in [2.05, 4.69) is 28.1 Å². The number of aryl methyl sites for hydroxylation is 1. The fourth-order valence-electron chi connectivity index (χ4n) is 5.13. The van der Waals surface area contributed by atoms with Crippen LogP contribution in [0.25, 0.3) is 11.8 Å². The average Bonchev–Trinajstić information content (AvgIpc) is 3.23. The lowest BCUT2D eigenvalue weighted by atomic mass is 9.83. The quantitative estimate of drug-likeness (QED) is 0.274. The molecule has 2 heterocycles. The van der Waals surface area contributed by atoms with Crippen molar-refractivity contribution >= 4 is 44.7 Å². The zero-order valence-electron chi connectivity index (χ0n) is 20.1. The first-order valence-corrected chi connectivity index (χ1v) is 13.4. The van der Waals surface area contributed by atoms with Gasteiger partial charge in [-0.1, -0.05) is 63.7 Å². The van der Waals surface area contributed by atoms with Crippen LogP contribution in [0.4, 0.5) is 5.69 Å². The Hall–Kier alpha value is -4.02. The number of nitro groups is 1. The molecular weight excluding hydrogens is 570 g/mol. The third kappa shape index (κ3) is 3.97.